The smallest absolute Gasteiger partial charge is 0.244 e. The summed E-state index contributed by atoms with van der Waals surface area (Å²) in [6, 6.07) is 8.71. The number of primary amides is 1. The number of allylic oxidation sites excluding steroid dienone is 1. The third-order valence-electron chi connectivity index (χ3n) is 1.88. The number of amides is 1. The van der Waals surface area contributed by atoms with E-state index in [0.29, 0.717) is 11.3 Å². The van der Waals surface area contributed by atoms with Crippen LogP contribution in [0.15, 0.2) is 42.0 Å². The minimum Gasteiger partial charge on any atom is -0.508 e. The highest BCUT2D eigenvalue weighted by molar-refractivity contribution is 5.91. The Kier molecular flexibility index (Phi) is 7.59. The number of carbonyl (C=O) groups is 1. The number of unbranched alkanes of at least 4 members (excludes halogenated alkanes) is 1. The van der Waals surface area contributed by atoms with Crippen molar-refractivity contribution in [3.8, 4) is 5.75 Å². The van der Waals surface area contributed by atoms with Gasteiger partial charge in [-0.2, -0.15) is 0 Å². The summed E-state index contributed by atoms with van der Waals surface area (Å²) >= 11 is 0. The highest BCUT2D eigenvalue weighted by atomic mass is 16.3. The van der Waals surface area contributed by atoms with Crippen LogP contribution in [0.2, 0.25) is 0 Å². The summed E-state index contributed by atoms with van der Waals surface area (Å²) in [6.45, 7) is 3.79. The lowest BCUT2D eigenvalue weighted by Gasteiger charge is -1.90. The molecule has 1 rings (SSSR count). The summed E-state index contributed by atoms with van der Waals surface area (Å²) < 4.78 is 0. The number of benzene rings is 1. The zero-order valence-corrected chi connectivity index (χ0v) is 9.81. The van der Waals surface area contributed by atoms with E-state index in [0.717, 1.165) is 12.8 Å². The highest BCUT2D eigenvalue weighted by Crippen LogP contribution is 2.02. The van der Waals surface area contributed by atoms with Gasteiger partial charge in [0, 0.05) is 5.57 Å². The lowest BCUT2D eigenvalue weighted by atomic mass is 10.2. The van der Waals surface area contributed by atoms with Gasteiger partial charge in [-0.1, -0.05) is 37.6 Å². The Morgan fingerprint density at radius 2 is 1.94 bits per heavy atom. The number of para-hydroxylation sites is 1. The fourth-order valence-corrected chi connectivity index (χ4v) is 0.889. The number of nitrogens with two attached hydrogens (primary N) is 1. The van der Waals surface area contributed by atoms with Crippen LogP contribution in [0.1, 0.15) is 26.7 Å². The Morgan fingerprint density at radius 1 is 1.38 bits per heavy atom. The van der Waals surface area contributed by atoms with Crippen LogP contribution in [0.4, 0.5) is 0 Å². The van der Waals surface area contributed by atoms with Crippen LogP contribution in [-0.4, -0.2) is 11.0 Å². The molecule has 16 heavy (non-hydrogen) atoms. The Hall–Kier alpha value is -1.77. The molecule has 0 aliphatic heterocycles. The number of hydrogen-bond acceptors (Lipinski definition) is 2. The summed E-state index contributed by atoms with van der Waals surface area (Å²) in [5, 5.41) is 8.63. The SMILES string of the molecule is CCCC=C(C)C(N)=O.Oc1ccccc1. The van der Waals surface area contributed by atoms with Crippen molar-refractivity contribution >= 4 is 5.91 Å². The molecule has 3 N–H and O–H groups in total. The van der Waals surface area contributed by atoms with Crippen LogP contribution in [0.5, 0.6) is 5.75 Å². The monoisotopic (exact) mass is 221 g/mol. The molecule has 1 amide bonds. The third kappa shape index (κ3) is 7.62. The average Bonchev–Trinajstić information content (AvgIpc) is 2.27. The summed E-state index contributed by atoms with van der Waals surface area (Å²) in [7, 11) is 0. The van der Waals surface area contributed by atoms with Crippen molar-refractivity contribution in [2.45, 2.75) is 26.7 Å². The maximum absolute atomic E-state index is 10.4. The van der Waals surface area contributed by atoms with Crippen molar-refractivity contribution in [3.63, 3.8) is 0 Å². The summed E-state index contributed by atoms with van der Waals surface area (Å²) in [5.41, 5.74) is 5.63. The fourth-order valence-electron chi connectivity index (χ4n) is 0.889. The van der Waals surface area contributed by atoms with Gasteiger partial charge in [-0.25, -0.2) is 0 Å². The molecule has 0 aliphatic carbocycles. The molecule has 1 aromatic carbocycles. The van der Waals surface area contributed by atoms with E-state index in [1.807, 2.05) is 12.1 Å². The molecule has 0 atom stereocenters. The summed E-state index contributed by atoms with van der Waals surface area (Å²) in [5.74, 6) is 0.00551. The Labute approximate surface area is 96.6 Å². The predicted octanol–water partition coefficient (Wildman–Crippen LogP) is 2.61. The molecule has 0 unspecified atom stereocenters. The van der Waals surface area contributed by atoms with Crippen molar-refractivity contribution in [3.05, 3.63) is 42.0 Å². The standard InChI is InChI=1S/C7H13NO.C6H6O/c1-3-4-5-6(2)7(8)9;7-6-4-2-1-3-5-6/h5H,3-4H2,1-2H3,(H2,8,9);1-5,7H. The van der Waals surface area contributed by atoms with Gasteiger partial charge in [0.1, 0.15) is 5.75 Å². The van der Waals surface area contributed by atoms with E-state index in [2.05, 4.69) is 6.92 Å². The first-order chi connectivity index (χ1) is 7.57. The Bertz CT molecular complexity index is 331. The van der Waals surface area contributed by atoms with E-state index in [9.17, 15) is 4.79 Å². The molecule has 88 valence electrons. The van der Waals surface area contributed by atoms with Gasteiger partial charge in [0.15, 0.2) is 0 Å². The van der Waals surface area contributed by atoms with Crippen molar-refractivity contribution in [2.24, 2.45) is 5.73 Å². The van der Waals surface area contributed by atoms with Gasteiger partial charge >= 0.3 is 0 Å². The maximum Gasteiger partial charge on any atom is 0.244 e. The second-order valence-electron chi connectivity index (χ2n) is 3.38. The average molecular weight is 221 g/mol. The number of hydrogen-bond donors (Lipinski definition) is 2. The zero-order chi connectivity index (χ0) is 12.4. The predicted molar refractivity (Wildman–Crippen MR) is 66.0 cm³/mol. The molecule has 0 aromatic heterocycles. The second kappa shape index (κ2) is 8.53. The van der Waals surface area contributed by atoms with Gasteiger partial charge in [-0.3, -0.25) is 4.79 Å². The molecular weight excluding hydrogens is 202 g/mol. The Morgan fingerprint density at radius 3 is 2.25 bits per heavy atom. The van der Waals surface area contributed by atoms with Gasteiger partial charge in [0.2, 0.25) is 5.91 Å². The van der Waals surface area contributed by atoms with Gasteiger partial charge in [-0.05, 0) is 25.5 Å². The van der Waals surface area contributed by atoms with Crippen LogP contribution < -0.4 is 5.73 Å². The molecule has 3 heteroatoms. The topological polar surface area (TPSA) is 63.3 Å². The molecule has 0 heterocycles. The van der Waals surface area contributed by atoms with Crippen LogP contribution >= 0.6 is 0 Å². The maximum atomic E-state index is 10.4. The normalized spacial score (nSPS) is 10.2. The van der Waals surface area contributed by atoms with E-state index in [1.54, 1.807) is 31.2 Å². The highest BCUT2D eigenvalue weighted by Gasteiger charge is 1.93. The number of phenolic OH excluding ortho intramolecular Hbond substituents is 1. The summed E-state index contributed by atoms with van der Waals surface area (Å²) in [4.78, 5) is 10.4. The van der Waals surface area contributed by atoms with Crippen molar-refractivity contribution < 1.29 is 9.90 Å². The number of carbonyl (C=O) groups excluding carboxylic acids is 1. The largest absolute Gasteiger partial charge is 0.508 e. The van der Waals surface area contributed by atoms with E-state index in [4.69, 9.17) is 10.8 Å². The number of rotatable bonds is 3. The van der Waals surface area contributed by atoms with Crippen molar-refractivity contribution in [1.29, 1.82) is 0 Å². The number of aromatic hydroxyl groups is 1. The van der Waals surface area contributed by atoms with Gasteiger partial charge in [-0.15, -0.1) is 0 Å². The first kappa shape index (κ1) is 14.2. The van der Waals surface area contributed by atoms with Crippen molar-refractivity contribution in [1.82, 2.24) is 0 Å². The van der Waals surface area contributed by atoms with Crippen LogP contribution in [-0.2, 0) is 4.79 Å². The number of phenols is 1. The molecule has 1 aromatic rings. The molecule has 0 spiro atoms. The molecule has 3 nitrogen and oxygen atoms in total. The van der Waals surface area contributed by atoms with Gasteiger partial charge < -0.3 is 10.8 Å². The third-order valence-corrected chi connectivity index (χ3v) is 1.88. The van der Waals surface area contributed by atoms with E-state index in [1.165, 1.54) is 0 Å². The van der Waals surface area contributed by atoms with Crippen LogP contribution in [0.25, 0.3) is 0 Å². The van der Waals surface area contributed by atoms with Crippen LogP contribution in [0, 0.1) is 0 Å². The Balaban J connectivity index is 0.000000288. The molecule has 0 aliphatic rings. The minimum atomic E-state index is -0.316. The first-order valence-electron chi connectivity index (χ1n) is 5.28. The molecule has 0 bridgehead atoms. The lowest BCUT2D eigenvalue weighted by molar-refractivity contribution is -0.114. The van der Waals surface area contributed by atoms with E-state index >= 15 is 0 Å². The molecule has 0 saturated carbocycles. The fraction of sp³-hybridized carbons (Fsp3) is 0.308. The van der Waals surface area contributed by atoms with E-state index < -0.39 is 0 Å². The van der Waals surface area contributed by atoms with E-state index in [-0.39, 0.29) is 5.91 Å². The zero-order valence-electron chi connectivity index (χ0n) is 9.81. The molecule has 0 radical (unpaired) electrons. The molecular formula is C13H19NO2. The molecule has 0 saturated heterocycles. The minimum absolute atomic E-state index is 0.316. The summed E-state index contributed by atoms with van der Waals surface area (Å²) in [6.07, 6.45) is 3.86. The lowest BCUT2D eigenvalue weighted by Crippen LogP contribution is -2.11. The first-order valence-corrected chi connectivity index (χ1v) is 5.28. The van der Waals surface area contributed by atoms with Crippen LogP contribution in [0.3, 0.4) is 0 Å². The van der Waals surface area contributed by atoms with Crippen molar-refractivity contribution in [2.75, 3.05) is 0 Å². The molecule has 0 fully saturated rings. The van der Waals surface area contributed by atoms with Gasteiger partial charge in [0.05, 0.1) is 0 Å². The quantitative estimate of drug-likeness (QED) is 0.770. The van der Waals surface area contributed by atoms with Gasteiger partial charge in [0.25, 0.3) is 0 Å². The second-order valence-corrected chi connectivity index (χ2v) is 3.38.